The molecular formula is C18H26O3. The number of ketones is 1. The van der Waals surface area contributed by atoms with Crippen molar-refractivity contribution in [1.29, 1.82) is 0 Å². The Balaban J connectivity index is 2.11. The Labute approximate surface area is 126 Å². The molecule has 1 N–H and O–H groups in total. The highest BCUT2D eigenvalue weighted by molar-refractivity contribution is 5.86. The first-order valence-corrected chi connectivity index (χ1v) is 8.23. The van der Waals surface area contributed by atoms with Crippen molar-refractivity contribution in [2.75, 3.05) is 0 Å². The fourth-order valence-electron chi connectivity index (χ4n) is 5.60. The molecule has 0 radical (unpaired) electrons. The molecule has 3 rings (SSSR count). The Morgan fingerprint density at radius 3 is 2.62 bits per heavy atom. The first kappa shape index (κ1) is 14.8. The van der Waals surface area contributed by atoms with Gasteiger partial charge >= 0.3 is 5.97 Å². The van der Waals surface area contributed by atoms with E-state index in [0.29, 0.717) is 18.6 Å². The maximum absolute atomic E-state index is 12.4. The highest BCUT2D eigenvalue weighted by atomic mass is 16.4. The lowest BCUT2D eigenvalue weighted by Crippen LogP contribution is -2.56. The van der Waals surface area contributed by atoms with Gasteiger partial charge < -0.3 is 5.11 Å². The monoisotopic (exact) mass is 290 g/mol. The Morgan fingerprint density at radius 1 is 1.24 bits per heavy atom. The molecule has 2 fully saturated rings. The van der Waals surface area contributed by atoms with Gasteiger partial charge in [0.2, 0.25) is 0 Å². The van der Waals surface area contributed by atoms with Crippen molar-refractivity contribution in [3.63, 3.8) is 0 Å². The van der Waals surface area contributed by atoms with Crippen LogP contribution in [0.15, 0.2) is 11.6 Å². The highest BCUT2D eigenvalue weighted by Gasteiger charge is 2.61. The van der Waals surface area contributed by atoms with Crippen molar-refractivity contribution < 1.29 is 14.7 Å². The van der Waals surface area contributed by atoms with Gasteiger partial charge in [-0.1, -0.05) is 32.4 Å². The van der Waals surface area contributed by atoms with Crippen LogP contribution in [0, 0.1) is 22.2 Å². The Bertz CT molecular complexity index is 531. The number of Topliss-reactive ketones (excluding diaryl/α,β-unsaturated/α-hetero) is 1. The zero-order valence-electron chi connectivity index (χ0n) is 13.4. The number of carbonyl (C=O) groups excluding carboxylic acids is 1. The standard InChI is InChI=1S/C18H26O3/c1-16(2)12-7-11-18(15(20)21)9-5-4-6-13(18)17(12,3)10-8-14(16)19/h6,12H,4-5,7-11H2,1-3H3,(H,20,21)/t12-,17-,18?/m0/s1. The van der Waals surface area contributed by atoms with E-state index in [1.807, 2.05) is 0 Å². The number of carboxylic acid groups (broad SMARTS) is 1. The number of allylic oxidation sites excluding steroid dienone is 1. The summed E-state index contributed by atoms with van der Waals surface area (Å²) in [6.45, 7) is 6.35. The number of hydrogen-bond acceptors (Lipinski definition) is 2. The molecule has 0 spiro atoms. The topological polar surface area (TPSA) is 54.4 Å². The minimum atomic E-state index is -0.653. The average Bonchev–Trinajstić information content (AvgIpc) is 2.43. The van der Waals surface area contributed by atoms with E-state index in [4.69, 9.17) is 0 Å². The molecule has 0 aromatic rings. The molecule has 21 heavy (non-hydrogen) atoms. The summed E-state index contributed by atoms with van der Waals surface area (Å²) in [7, 11) is 0. The maximum Gasteiger partial charge on any atom is 0.313 e. The minimum absolute atomic E-state index is 0.117. The van der Waals surface area contributed by atoms with Crippen LogP contribution in [0.4, 0.5) is 0 Å². The molecule has 0 heterocycles. The van der Waals surface area contributed by atoms with E-state index < -0.39 is 11.4 Å². The molecular weight excluding hydrogens is 264 g/mol. The first-order valence-electron chi connectivity index (χ1n) is 8.23. The van der Waals surface area contributed by atoms with Gasteiger partial charge in [-0.15, -0.1) is 0 Å². The number of carboxylic acids is 1. The van der Waals surface area contributed by atoms with Crippen molar-refractivity contribution >= 4 is 11.8 Å². The molecule has 2 saturated carbocycles. The largest absolute Gasteiger partial charge is 0.481 e. The molecule has 3 nitrogen and oxygen atoms in total. The maximum atomic E-state index is 12.4. The summed E-state index contributed by atoms with van der Waals surface area (Å²) < 4.78 is 0. The Kier molecular flexibility index (Phi) is 3.13. The molecule has 3 aliphatic rings. The summed E-state index contributed by atoms with van der Waals surface area (Å²) in [6, 6.07) is 0. The van der Waals surface area contributed by atoms with Gasteiger partial charge in [0.05, 0.1) is 5.41 Å². The number of fused-ring (bicyclic) bond motifs is 3. The average molecular weight is 290 g/mol. The molecule has 3 heteroatoms. The molecule has 1 unspecified atom stereocenters. The highest BCUT2D eigenvalue weighted by Crippen LogP contribution is 2.65. The molecule has 0 aromatic heterocycles. The Hall–Kier alpha value is -1.12. The van der Waals surface area contributed by atoms with Crippen LogP contribution in [0.25, 0.3) is 0 Å². The summed E-state index contributed by atoms with van der Waals surface area (Å²) >= 11 is 0. The summed E-state index contributed by atoms with van der Waals surface area (Å²) in [6.07, 6.45) is 7.90. The van der Waals surface area contributed by atoms with Crippen LogP contribution < -0.4 is 0 Å². The normalized spacial score (nSPS) is 41.8. The van der Waals surface area contributed by atoms with Gasteiger partial charge in [-0.25, -0.2) is 0 Å². The molecule has 0 saturated heterocycles. The smallest absolute Gasteiger partial charge is 0.313 e. The van der Waals surface area contributed by atoms with E-state index in [9.17, 15) is 14.7 Å². The van der Waals surface area contributed by atoms with Crippen LogP contribution in [0.5, 0.6) is 0 Å². The lowest BCUT2D eigenvalue weighted by Gasteiger charge is -2.59. The van der Waals surface area contributed by atoms with Gasteiger partial charge in [0.1, 0.15) is 5.78 Å². The van der Waals surface area contributed by atoms with Gasteiger partial charge in [0, 0.05) is 11.8 Å². The van der Waals surface area contributed by atoms with E-state index >= 15 is 0 Å². The zero-order chi connectivity index (χ0) is 15.5. The SMILES string of the molecule is CC1(C)C(=O)CC[C@]2(C)C3=CCCCC3(C(=O)O)CC[C@@H]12. The van der Waals surface area contributed by atoms with Crippen molar-refractivity contribution in [2.24, 2.45) is 22.2 Å². The van der Waals surface area contributed by atoms with Crippen molar-refractivity contribution in [1.82, 2.24) is 0 Å². The molecule has 116 valence electrons. The van der Waals surface area contributed by atoms with Gasteiger partial charge in [0.15, 0.2) is 0 Å². The first-order chi connectivity index (χ1) is 9.75. The molecule has 0 aromatic carbocycles. The predicted octanol–water partition coefficient (Wildman–Crippen LogP) is 3.97. The third-order valence-corrected chi connectivity index (χ3v) is 6.79. The molecule has 0 bridgehead atoms. The fraction of sp³-hybridized carbons (Fsp3) is 0.778. The molecule has 0 aliphatic heterocycles. The van der Waals surface area contributed by atoms with Crippen LogP contribution in [-0.4, -0.2) is 16.9 Å². The summed E-state index contributed by atoms with van der Waals surface area (Å²) in [5, 5.41) is 9.90. The van der Waals surface area contributed by atoms with Crippen molar-refractivity contribution in [2.45, 2.75) is 65.7 Å². The second-order valence-electron chi connectivity index (χ2n) is 8.05. The van der Waals surface area contributed by atoms with Crippen LogP contribution >= 0.6 is 0 Å². The lowest BCUT2D eigenvalue weighted by atomic mass is 9.44. The zero-order valence-corrected chi connectivity index (χ0v) is 13.4. The van der Waals surface area contributed by atoms with Gasteiger partial charge in [0.25, 0.3) is 0 Å². The van der Waals surface area contributed by atoms with Gasteiger partial charge in [-0.05, 0) is 49.9 Å². The van der Waals surface area contributed by atoms with E-state index in [1.165, 1.54) is 0 Å². The summed E-state index contributed by atoms with van der Waals surface area (Å²) in [5.74, 6) is -0.0184. The van der Waals surface area contributed by atoms with E-state index in [-0.39, 0.29) is 16.7 Å². The van der Waals surface area contributed by atoms with E-state index in [0.717, 1.165) is 37.7 Å². The van der Waals surface area contributed by atoms with E-state index in [2.05, 4.69) is 26.8 Å². The van der Waals surface area contributed by atoms with Crippen molar-refractivity contribution in [3.8, 4) is 0 Å². The van der Waals surface area contributed by atoms with Gasteiger partial charge in [-0.2, -0.15) is 0 Å². The summed E-state index contributed by atoms with van der Waals surface area (Å²) in [4.78, 5) is 24.4. The van der Waals surface area contributed by atoms with Crippen LogP contribution in [0.3, 0.4) is 0 Å². The number of hydrogen-bond donors (Lipinski definition) is 1. The number of rotatable bonds is 1. The van der Waals surface area contributed by atoms with Crippen molar-refractivity contribution in [3.05, 3.63) is 11.6 Å². The quantitative estimate of drug-likeness (QED) is 0.743. The van der Waals surface area contributed by atoms with Crippen LogP contribution in [0.2, 0.25) is 0 Å². The minimum Gasteiger partial charge on any atom is -0.481 e. The van der Waals surface area contributed by atoms with Gasteiger partial charge in [-0.3, -0.25) is 9.59 Å². The fourth-order valence-corrected chi connectivity index (χ4v) is 5.60. The third-order valence-electron chi connectivity index (χ3n) is 6.79. The molecule has 3 atom stereocenters. The number of carbonyl (C=O) groups is 2. The second kappa shape index (κ2) is 4.44. The van der Waals surface area contributed by atoms with Crippen LogP contribution in [-0.2, 0) is 9.59 Å². The van der Waals surface area contributed by atoms with E-state index in [1.54, 1.807) is 0 Å². The lowest BCUT2D eigenvalue weighted by molar-refractivity contribution is -0.155. The van der Waals surface area contributed by atoms with Crippen LogP contribution in [0.1, 0.15) is 65.7 Å². The predicted molar refractivity (Wildman–Crippen MR) is 80.9 cm³/mol. The Morgan fingerprint density at radius 2 is 1.95 bits per heavy atom. The number of aliphatic carboxylic acids is 1. The second-order valence-corrected chi connectivity index (χ2v) is 8.05. The molecule has 0 amide bonds. The molecule has 3 aliphatic carbocycles. The summed E-state index contributed by atoms with van der Waals surface area (Å²) in [5.41, 5.74) is 0.0512. The third kappa shape index (κ3) is 1.79.